The molecule has 2 fully saturated rings. The van der Waals surface area contributed by atoms with Gasteiger partial charge in [-0.25, -0.2) is 0 Å². The monoisotopic (exact) mass is 424 g/mol. The third-order valence-electron chi connectivity index (χ3n) is 6.63. The van der Waals surface area contributed by atoms with Crippen LogP contribution in [0.4, 0.5) is 0 Å². The summed E-state index contributed by atoms with van der Waals surface area (Å²) < 4.78 is 8.03. The highest BCUT2D eigenvalue weighted by Gasteiger charge is 2.44. The summed E-state index contributed by atoms with van der Waals surface area (Å²) in [6.07, 6.45) is 0.557. The normalized spacial score (nSPS) is 26.0. The molecule has 3 aromatic rings. The van der Waals surface area contributed by atoms with E-state index < -0.39 is 6.10 Å². The minimum atomic E-state index is -0.544. The summed E-state index contributed by atoms with van der Waals surface area (Å²) in [5.74, 6) is 1.37. The molecule has 5 nitrogen and oxygen atoms in total. The highest BCUT2D eigenvalue weighted by Crippen LogP contribution is 2.39. The second-order valence-corrected chi connectivity index (χ2v) is 8.97. The number of hydrogen-bond donors (Lipinski definition) is 1. The molecule has 1 aromatic heterocycles. The molecule has 0 spiro atoms. The van der Waals surface area contributed by atoms with Gasteiger partial charge in [-0.2, -0.15) is 0 Å². The minimum Gasteiger partial charge on any atom is -0.488 e. The molecule has 0 radical (unpaired) electrons. The molecule has 156 valence electrons. The molecule has 4 atom stereocenters. The summed E-state index contributed by atoms with van der Waals surface area (Å²) in [5, 5.41) is 12.4. The molecule has 2 heterocycles. The average Bonchev–Trinajstić information content (AvgIpc) is 3.29. The number of rotatable bonds is 3. The molecule has 2 aromatic carbocycles. The number of benzene rings is 2. The summed E-state index contributed by atoms with van der Waals surface area (Å²) in [6, 6.07) is 17.3. The van der Waals surface area contributed by atoms with Gasteiger partial charge in [0.05, 0.1) is 6.10 Å². The number of aliphatic hydroxyl groups excluding tert-OH is 1. The smallest absolute Gasteiger partial charge is 0.270 e. The summed E-state index contributed by atoms with van der Waals surface area (Å²) in [6.45, 7) is 1.39. The van der Waals surface area contributed by atoms with Crippen molar-refractivity contribution in [1.29, 1.82) is 0 Å². The zero-order valence-electron chi connectivity index (χ0n) is 16.9. The molecular weight excluding hydrogens is 400 g/mol. The molecule has 1 saturated heterocycles. The SMILES string of the molecule is Cn1c(C(=O)N2C[C@H]3C[C@@H](Oc4cccc(Cl)c4)[C@H](O)C[C@H]3C2)cc2ccccc21. The molecule has 1 saturated carbocycles. The van der Waals surface area contributed by atoms with Crippen molar-refractivity contribution < 1.29 is 14.6 Å². The fourth-order valence-corrected chi connectivity index (χ4v) is 5.23. The van der Waals surface area contributed by atoms with E-state index in [1.165, 1.54) is 0 Å². The lowest BCUT2D eigenvalue weighted by Gasteiger charge is -2.35. The van der Waals surface area contributed by atoms with Gasteiger partial charge in [-0.15, -0.1) is 0 Å². The zero-order chi connectivity index (χ0) is 20.8. The number of halogens is 1. The predicted molar refractivity (Wildman–Crippen MR) is 117 cm³/mol. The van der Waals surface area contributed by atoms with Crippen molar-refractivity contribution >= 4 is 28.4 Å². The molecule has 1 N–H and O–H groups in total. The number of ether oxygens (including phenoxy) is 1. The first-order chi connectivity index (χ1) is 14.5. The molecular formula is C24H25ClN2O3. The van der Waals surface area contributed by atoms with Gasteiger partial charge in [0.25, 0.3) is 5.91 Å². The number of aliphatic hydroxyl groups is 1. The first-order valence-electron chi connectivity index (χ1n) is 10.4. The molecule has 6 heteroatoms. The van der Waals surface area contributed by atoms with Crippen LogP contribution in [0.25, 0.3) is 10.9 Å². The van der Waals surface area contributed by atoms with Gasteiger partial charge in [0.1, 0.15) is 17.5 Å². The number of para-hydroxylation sites is 1. The summed E-state index contributed by atoms with van der Waals surface area (Å²) in [7, 11) is 1.94. The van der Waals surface area contributed by atoms with Crippen molar-refractivity contribution in [3.8, 4) is 5.75 Å². The van der Waals surface area contributed by atoms with Crippen molar-refractivity contribution in [3.63, 3.8) is 0 Å². The highest BCUT2D eigenvalue weighted by molar-refractivity contribution is 6.30. The maximum Gasteiger partial charge on any atom is 0.270 e. The first-order valence-corrected chi connectivity index (χ1v) is 10.8. The lowest BCUT2D eigenvalue weighted by atomic mass is 9.78. The molecule has 30 heavy (non-hydrogen) atoms. The van der Waals surface area contributed by atoms with Crippen LogP contribution in [0.2, 0.25) is 5.02 Å². The van der Waals surface area contributed by atoms with E-state index in [9.17, 15) is 9.90 Å². The Morgan fingerprint density at radius 3 is 2.60 bits per heavy atom. The number of aryl methyl sites for hydroxylation is 1. The van der Waals surface area contributed by atoms with Gasteiger partial charge in [-0.3, -0.25) is 4.79 Å². The Hall–Kier alpha value is -2.50. The lowest BCUT2D eigenvalue weighted by molar-refractivity contribution is -0.0231. The lowest BCUT2D eigenvalue weighted by Crippen LogP contribution is -2.42. The van der Waals surface area contributed by atoms with Crippen LogP contribution >= 0.6 is 11.6 Å². The maximum absolute atomic E-state index is 13.3. The Balaban J connectivity index is 1.31. The number of hydrogen-bond acceptors (Lipinski definition) is 3. The van der Waals surface area contributed by atoms with Crippen LogP contribution < -0.4 is 4.74 Å². The molecule has 0 unspecified atom stereocenters. The van der Waals surface area contributed by atoms with Crippen molar-refractivity contribution in [3.05, 3.63) is 65.3 Å². The minimum absolute atomic E-state index is 0.0601. The Morgan fingerprint density at radius 2 is 1.83 bits per heavy atom. The third kappa shape index (κ3) is 3.46. The second-order valence-electron chi connectivity index (χ2n) is 8.53. The largest absolute Gasteiger partial charge is 0.488 e. The molecule has 1 aliphatic heterocycles. The van der Waals surface area contributed by atoms with Crippen LogP contribution in [0.15, 0.2) is 54.6 Å². The van der Waals surface area contributed by atoms with Crippen molar-refractivity contribution in [2.45, 2.75) is 25.0 Å². The number of fused-ring (bicyclic) bond motifs is 2. The molecule has 2 aliphatic rings. The topological polar surface area (TPSA) is 54.7 Å². The van der Waals surface area contributed by atoms with Crippen molar-refractivity contribution in [1.82, 2.24) is 9.47 Å². The van der Waals surface area contributed by atoms with Crippen molar-refractivity contribution in [2.75, 3.05) is 13.1 Å². The van der Waals surface area contributed by atoms with E-state index in [0.29, 0.717) is 47.8 Å². The van der Waals surface area contributed by atoms with Gasteiger partial charge in [-0.1, -0.05) is 35.9 Å². The van der Waals surface area contributed by atoms with E-state index in [0.717, 1.165) is 17.3 Å². The Bertz CT molecular complexity index is 1090. The van der Waals surface area contributed by atoms with Gasteiger partial charge in [0.2, 0.25) is 0 Å². The van der Waals surface area contributed by atoms with E-state index >= 15 is 0 Å². The van der Waals surface area contributed by atoms with Crippen LogP contribution in [-0.4, -0.2) is 45.8 Å². The number of aromatic nitrogens is 1. The standard InChI is InChI=1S/C24H25ClN2O3/c1-26-20-8-3-2-5-15(20)9-21(26)24(29)27-13-16-10-22(28)23(11-17(16)14-27)30-19-7-4-6-18(25)12-19/h2-9,12,16-17,22-23,28H,10-11,13-14H2,1H3/t16-,17+,22+,23+/m0/s1. The van der Waals surface area contributed by atoms with Crippen LogP contribution in [-0.2, 0) is 7.05 Å². The number of amides is 1. The predicted octanol–water partition coefficient (Wildman–Crippen LogP) is 4.12. The molecule has 0 bridgehead atoms. The van der Waals surface area contributed by atoms with Crippen molar-refractivity contribution in [2.24, 2.45) is 18.9 Å². The second kappa shape index (κ2) is 7.64. The van der Waals surface area contributed by atoms with Crippen LogP contribution in [0.5, 0.6) is 5.75 Å². The third-order valence-corrected chi connectivity index (χ3v) is 6.86. The maximum atomic E-state index is 13.3. The molecule has 5 rings (SSSR count). The van der Waals surface area contributed by atoms with Gasteiger partial charge >= 0.3 is 0 Å². The quantitative estimate of drug-likeness (QED) is 0.688. The highest BCUT2D eigenvalue weighted by atomic mass is 35.5. The Morgan fingerprint density at radius 1 is 1.07 bits per heavy atom. The van der Waals surface area contributed by atoms with Gasteiger partial charge in [-0.05, 0) is 55.0 Å². The number of carbonyl (C=O) groups excluding carboxylic acids is 1. The van der Waals surface area contributed by atoms with E-state index in [4.69, 9.17) is 16.3 Å². The number of carbonyl (C=O) groups is 1. The van der Waals surface area contributed by atoms with E-state index in [-0.39, 0.29) is 12.0 Å². The Labute approximate surface area is 180 Å². The number of likely N-dealkylation sites (tertiary alicyclic amines) is 1. The number of nitrogens with zero attached hydrogens (tertiary/aromatic N) is 2. The van der Waals surface area contributed by atoms with Crippen LogP contribution in [0, 0.1) is 11.8 Å². The van der Waals surface area contributed by atoms with E-state index in [2.05, 4.69) is 0 Å². The fraction of sp³-hybridized carbons (Fsp3) is 0.375. The van der Waals surface area contributed by atoms with E-state index in [1.807, 2.05) is 59.0 Å². The summed E-state index contributed by atoms with van der Waals surface area (Å²) >= 11 is 6.05. The van der Waals surface area contributed by atoms with Gasteiger partial charge in [0.15, 0.2) is 0 Å². The molecule has 1 aliphatic carbocycles. The van der Waals surface area contributed by atoms with E-state index in [1.54, 1.807) is 12.1 Å². The average molecular weight is 425 g/mol. The van der Waals surface area contributed by atoms with Crippen LogP contribution in [0.3, 0.4) is 0 Å². The molecule has 1 amide bonds. The first kappa shape index (κ1) is 19.5. The van der Waals surface area contributed by atoms with Gasteiger partial charge < -0.3 is 19.3 Å². The summed E-state index contributed by atoms with van der Waals surface area (Å²) in [4.78, 5) is 15.2. The summed E-state index contributed by atoms with van der Waals surface area (Å²) in [5.41, 5.74) is 1.77. The Kier molecular flexibility index (Phi) is 4.95. The fourth-order valence-electron chi connectivity index (χ4n) is 5.05. The van der Waals surface area contributed by atoms with Gasteiger partial charge in [0, 0.05) is 36.1 Å². The zero-order valence-corrected chi connectivity index (χ0v) is 17.6. The van der Waals surface area contributed by atoms with Crippen LogP contribution in [0.1, 0.15) is 23.3 Å².